The van der Waals surface area contributed by atoms with Crippen LogP contribution in [0.3, 0.4) is 0 Å². The van der Waals surface area contributed by atoms with E-state index in [1.54, 1.807) is 7.11 Å². The molecular weight excluding hydrogens is 1630 g/mol. The van der Waals surface area contributed by atoms with Gasteiger partial charge in [0.2, 0.25) is 17.7 Å². The number of carbonyl (C=O) groups excluding carboxylic acids is 3. The first-order chi connectivity index (χ1) is 54.8. The zero-order valence-electron chi connectivity index (χ0n) is 66.1. The average Bonchev–Trinajstić information content (AvgIpc) is 0.816. The molecule has 3 fully saturated rings. The van der Waals surface area contributed by atoms with Gasteiger partial charge in [-0.25, -0.2) is 0 Å². The molecule has 3 amide bonds. The summed E-state index contributed by atoms with van der Waals surface area (Å²) >= 11 is 0. The number of hydrogen-bond donors (Lipinski definition) is 13. The largest absolute Gasteiger partial charge is 0.756 e. The van der Waals surface area contributed by atoms with Crippen molar-refractivity contribution < 1.29 is 196 Å². The second kappa shape index (κ2) is 60.5. The topological polar surface area (TPSA) is 635 Å². The molecule has 0 bridgehead atoms. The maximum atomic E-state index is 13.4. The molecular formula is C67H127N3O41P4-4. The van der Waals surface area contributed by atoms with Crippen molar-refractivity contribution in [3.63, 3.8) is 0 Å². The second-order valence-electron chi connectivity index (χ2n) is 27.7. The van der Waals surface area contributed by atoms with Gasteiger partial charge < -0.3 is 180 Å². The number of amides is 3. The number of methoxy groups -OCH3 is 1. The Morgan fingerprint density at radius 3 is 0.861 bits per heavy atom. The van der Waals surface area contributed by atoms with Crippen LogP contribution in [-0.2, 0) is 126 Å². The molecule has 0 aromatic heterocycles. The van der Waals surface area contributed by atoms with E-state index in [0.717, 1.165) is 0 Å². The molecule has 48 heteroatoms. The van der Waals surface area contributed by atoms with Gasteiger partial charge in [0.15, 0.2) is 18.9 Å². The van der Waals surface area contributed by atoms with Gasteiger partial charge in [0, 0.05) is 93.3 Å². The van der Waals surface area contributed by atoms with E-state index in [1.807, 2.05) is 0 Å². The quantitative estimate of drug-likeness (QED) is 0.0211. The Kier molecular flexibility index (Phi) is 56.4. The smallest absolute Gasteiger partial charge is 0.267 e. The molecule has 3 aliphatic rings. The Hall–Kier alpha value is -2.03. The maximum Gasteiger partial charge on any atom is 0.267 e. The van der Waals surface area contributed by atoms with E-state index in [0.29, 0.717) is 77.4 Å². The van der Waals surface area contributed by atoms with E-state index in [1.165, 1.54) is 20.8 Å². The zero-order valence-corrected chi connectivity index (χ0v) is 69.6. The summed E-state index contributed by atoms with van der Waals surface area (Å²) in [4.78, 5) is 86.9. The molecule has 0 aliphatic carbocycles. The number of carbonyl (C=O) groups is 3. The summed E-state index contributed by atoms with van der Waals surface area (Å²) in [7, 11) is -18.2. The van der Waals surface area contributed by atoms with Gasteiger partial charge in [-0.2, -0.15) is 0 Å². The van der Waals surface area contributed by atoms with Gasteiger partial charge in [-0.1, -0.05) is 38.5 Å². The number of aliphatic hydroxyl groups excluding tert-OH is 10. The predicted molar refractivity (Wildman–Crippen MR) is 389 cm³/mol. The monoisotopic (exact) mass is 1750 g/mol. The normalized spacial score (nSPS) is 26.9. The predicted octanol–water partition coefficient (Wildman–Crippen LogP) is -3.17. The first-order valence-corrected chi connectivity index (χ1v) is 44.6. The van der Waals surface area contributed by atoms with Gasteiger partial charge in [-0.15, -0.1) is 0 Å². The zero-order chi connectivity index (χ0) is 85.1. The van der Waals surface area contributed by atoms with Crippen LogP contribution in [0.15, 0.2) is 0 Å². The van der Waals surface area contributed by atoms with Gasteiger partial charge in [-0.3, -0.25) is 32.6 Å². The third kappa shape index (κ3) is 46.3. The van der Waals surface area contributed by atoms with Gasteiger partial charge in [-0.05, 0) is 70.6 Å². The summed E-state index contributed by atoms with van der Waals surface area (Å²) in [6.45, 7) is -2.22. The third-order valence-corrected chi connectivity index (χ3v) is 21.5. The van der Waals surface area contributed by atoms with Crippen molar-refractivity contribution in [2.45, 2.75) is 222 Å². The Labute approximate surface area is 671 Å². The van der Waals surface area contributed by atoms with Crippen molar-refractivity contribution in [3.05, 3.63) is 0 Å². The Morgan fingerprint density at radius 1 is 0.348 bits per heavy atom. The van der Waals surface area contributed by atoms with Gasteiger partial charge in [0.05, 0.1) is 118 Å². The molecule has 0 aromatic rings. The van der Waals surface area contributed by atoms with Crippen molar-refractivity contribution in [2.24, 2.45) is 11.3 Å². The summed E-state index contributed by atoms with van der Waals surface area (Å²) in [5, 5.41) is 108. The number of rotatable bonds is 71. The van der Waals surface area contributed by atoms with Gasteiger partial charge in [0.1, 0.15) is 73.1 Å². The Morgan fingerprint density at radius 2 is 0.600 bits per heavy atom. The summed E-state index contributed by atoms with van der Waals surface area (Å²) in [6.07, 6.45) is -10.4. The minimum Gasteiger partial charge on any atom is -0.756 e. The van der Waals surface area contributed by atoms with Crippen LogP contribution in [0, 0.1) is 11.3 Å². The molecule has 0 saturated carbocycles. The van der Waals surface area contributed by atoms with Crippen LogP contribution in [0.5, 0.6) is 0 Å². The van der Waals surface area contributed by atoms with Crippen LogP contribution in [-0.4, -0.2) is 340 Å². The van der Waals surface area contributed by atoms with E-state index in [9.17, 15) is 103 Å². The minimum absolute atomic E-state index is 0.0195. The van der Waals surface area contributed by atoms with Crippen molar-refractivity contribution in [1.82, 2.24) is 16.0 Å². The van der Waals surface area contributed by atoms with Crippen molar-refractivity contribution in [2.75, 3.05) is 179 Å². The molecule has 680 valence electrons. The minimum atomic E-state index is -5.18. The molecule has 0 aromatic carbocycles. The van der Waals surface area contributed by atoms with Gasteiger partial charge >= 0.3 is 0 Å². The molecule has 3 heterocycles. The number of phosphoric ester groups is 4. The molecule has 0 spiro atoms. The van der Waals surface area contributed by atoms with Crippen LogP contribution < -0.4 is 35.5 Å². The maximum absolute atomic E-state index is 13.4. The fourth-order valence-electron chi connectivity index (χ4n) is 11.4. The molecule has 44 nitrogen and oxygen atoms in total. The third-order valence-electron chi connectivity index (χ3n) is 17.5. The molecule has 20 atom stereocenters. The summed E-state index contributed by atoms with van der Waals surface area (Å²) < 4.78 is 160. The molecule has 3 aliphatic heterocycles. The summed E-state index contributed by atoms with van der Waals surface area (Å²) in [5.74, 6) is -1.92. The summed E-state index contributed by atoms with van der Waals surface area (Å²) in [6, 6.07) is -3.36. The highest BCUT2D eigenvalue weighted by molar-refractivity contribution is 7.46. The lowest BCUT2D eigenvalue weighted by atomic mass is 9.92. The highest BCUT2D eigenvalue weighted by Gasteiger charge is 2.48. The molecule has 3 saturated heterocycles. The SMILES string of the molecule is COCCCOCC(CO)COCCCOP(=O)([O-])OCC(COCCCOP(=O)([O-])OCCCCCCO[C@@H]1OC(CO)[C@H](O)[C@H](O)C1NC(C)=O)(COCCCOP(=O)([O-])OCCCCCCO[C@@H]1OC(CO)[C@H](O)[C@H](O)C1NC(C)=O)COCCCOP(=O)([O-])OCCCCCCO[C@@H]1OC(CO)[C@H](O)C(O)[C@@H]1NC(C)=O. The lowest BCUT2D eigenvalue weighted by molar-refractivity contribution is -0.270. The van der Waals surface area contributed by atoms with E-state index < -0.39 is 219 Å². The van der Waals surface area contributed by atoms with E-state index in [4.69, 9.17) is 93.0 Å². The lowest BCUT2D eigenvalue weighted by Crippen LogP contribution is -2.64. The van der Waals surface area contributed by atoms with E-state index >= 15 is 0 Å². The average molecular weight is 1750 g/mol. The number of nitrogens with one attached hydrogen (secondary N) is 3. The standard InChI is InChI=1S/C67H131N3O41P4/c1-48(75)68-55-61(81)58(78)52(39-72)109-64(55)98-28-11-5-8-14-31-101-112(84,85)104-35-19-25-95-44-67(47-108-115(90,91)107-34-18-24-94-43-51(38-71)42-93-23-17-22-92-4,45-96-26-20-36-105-113(86,87)102-32-15-9-6-12-29-99-65-56(69-49(2)76)62(82)59(79)53(40-73)110-65)46-97-27-21-37-106-114(88,89)103-33-16-10-7-13-30-100-66-57(70-50(3)77)63(83)60(80)54(41-74)111-66/h51-66,71-74,78-83H,5-47H2,1-4H3,(H,68,75)(H,69,76)(H,70,77)(H,84,85)(H,86,87)(H,88,89)(H,90,91)/p-4/t51?,52?,53?,54?,55-,56?,57?,58-,59-,60-,61?,62+,63+,64+,65+,66+,67?/m0/s1. The van der Waals surface area contributed by atoms with Crippen LogP contribution in [0.4, 0.5) is 0 Å². The van der Waals surface area contributed by atoms with Crippen LogP contribution in [0.1, 0.15) is 130 Å². The second-order valence-corrected chi connectivity index (χ2v) is 33.3. The summed E-state index contributed by atoms with van der Waals surface area (Å²) in [5.41, 5.74) is -1.59. The highest BCUT2D eigenvalue weighted by Crippen LogP contribution is 2.43. The number of ether oxygens (including phenoxy) is 12. The first-order valence-electron chi connectivity index (χ1n) is 38.7. The number of hydrogen-bond acceptors (Lipinski definition) is 41. The highest BCUT2D eigenvalue weighted by atomic mass is 31.2. The van der Waals surface area contributed by atoms with E-state index in [-0.39, 0.29) is 137 Å². The van der Waals surface area contributed by atoms with Crippen molar-refractivity contribution in [1.29, 1.82) is 0 Å². The number of aliphatic hydroxyl groups is 10. The van der Waals surface area contributed by atoms with Crippen LogP contribution in [0.2, 0.25) is 0 Å². The molecule has 13 N–H and O–H groups in total. The van der Waals surface area contributed by atoms with E-state index in [2.05, 4.69) is 16.0 Å². The number of unbranched alkanes of at least 4 members (excludes halogenated alkanes) is 9. The molecule has 3 rings (SSSR count). The van der Waals surface area contributed by atoms with Gasteiger partial charge in [0.25, 0.3) is 31.3 Å². The van der Waals surface area contributed by atoms with Crippen LogP contribution in [0.25, 0.3) is 0 Å². The fraction of sp³-hybridized carbons (Fsp3) is 0.955. The Balaban J connectivity index is 1.63. The van der Waals surface area contributed by atoms with Crippen molar-refractivity contribution in [3.8, 4) is 0 Å². The molecule has 11 unspecified atom stereocenters. The lowest BCUT2D eigenvalue weighted by Gasteiger charge is -2.42. The fourth-order valence-corrected chi connectivity index (χ4v) is 14.6. The van der Waals surface area contributed by atoms with Crippen molar-refractivity contribution >= 4 is 49.0 Å². The molecule has 115 heavy (non-hydrogen) atoms. The van der Waals surface area contributed by atoms with Crippen LogP contribution >= 0.6 is 31.3 Å². The molecule has 0 radical (unpaired) electrons. The first kappa shape index (κ1) is 107. The number of phosphoric acid groups is 4. The Bertz CT molecular complexity index is 2540.